The summed E-state index contributed by atoms with van der Waals surface area (Å²) in [4.78, 5) is 15.8. The smallest absolute Gasteiger partial charge is 0.354 e. The molecule has 176 valence electrons. The normalized spacial score (nSPS) is 17.5. The number of nitrogens with one attached hydrogen (secondary N) is 2. The molecule has 5 rings (SSSR count). The summed E-state index contributed by atoms with van der Waals surface area (Å²) in [5, 5.41) is 11.8. The second-order valence-corrected chi connectivity index (χ2v) is 9.16. The van der Waals surface area contributed by atoms with Gasteiger partial charge in [0.1, 0.15) is 0 Å². The number of H-pyrrole nitrogens is 1. The average molecular weight is 493 g/mol. The zero-order valence-corrected chi connectivity index (χ0v) is 19.0. The molecule has 1 atom stereocenters. The number of para-hydroxylation sites is 1. The molecular formula is C26H19F3N4OS. The lowest BCUT2D eigenvalue weighted by Gasteiger charge is -2.10. The average Bonchev–Trinajstić information content (AvgIpc) is 3.39. The van der Waals surface area contributed by atoms with Gasteiger partial charge in [0.05, 0.1) is 22.7 Å². The molecule has 4 aromatic rings. The SMILES string of the molecule is O=C1N/C(=N\N=C\c2c(-c3ccccc3)[nH]c3ccccc23)SC1Cc1cccc(C(F)(F)F)c1. The fraction of sp³-hybridized carbons (Fsp3) is 0.115. The molecule has 0 saturated carbocycles. The number of fused-ring (bicyclic) bond motifs is 1. The van der Waals surface area contributed by atoms with E-state index in [1.54, 1.807) is 12.3 Å². The molecule has 0 aliphatic carbocycles. The summed E-state index contributed by atoms with van der Waals surface area (Å²) < 4.78 is 39.0. The minimum absolute atomic E-state index is 0.157. The monoisotopic (exact) mass is 492 g/mol. The Kier molecular flexibility index (Phi) is 6.17. The molecule has 0 radical (unpaired) electrons. The van der Waals surface area contributed by atoms with Gasteiger partial charge in [0.15, 0.2) is 5.17 Å². The van der Waals surface area contributed by atoms with Gasteiger partial charge in [-0.1, -0.05) is 78.5 Å². The Morgan fingerprint density at radius 3 is 2.54 bits per heavy atom. The molecule has 0 spiro atoms. The number of hydrogen-bond donors (Lipinski definition) is 2. The number of amidine groups is 1. The van der Waals surface area contributed by atoms with Crippen LogP contribution in [0.2, 0.25) is 0 Å². The summed E-state index contributed by atoms with van der Waals surface area (Å²) >= 11 is 1.15. The quantitative estimate of drug-likeness (QED) is 0.264. The van der Waals surface area contributed by atoms with Crippen LogP contribution < -0.4 is 5.32 Å². The number of aromatic nitrogens is 1. The Morgan fingerprint density at radius 2 is 1.74 bits per heavy atom. The van der Waals surface area contributed by atoms with Gasteiger partial charge in [-0.05, 0) is 29.7 Å². The van der Waals surface area contributed by atoms with Crippen molar-refractivity contribution < 1.29 is 18.0 Å². The van der Waals surface area contributed by atoms with Crippen molar-refractivity contribution in [2.45, 2.75) is 17.8 Å². The molecule has 9 heteroatoms. The van der Waals surface area contributed by atoms with Crippen LogP contribution in [-0.2, 0) is 17.4 Å². The van der Waals surface area contributed by atoms with E-state index in [0.717, 1.165) is 51.6 Å². The molecule has 2 N–H and O–H groups in total. The zero-order valence-electron chi connectivity index (χ0n) is 18.2. The van der Waals surface area contributed by atoms with E-state index in [9.17, 15) is 18.0 Å². The van der Waals surface area contributed by atoms with Crippen LogP contribution in [0.4, 0.5) is 13.2 Å². The summed E-state index contributed by atoms with van der Waals surface area (Å²) in [6.07, 6.45) is -2.63. The minimum Gasteiger partial charge on any atom is -0.354 e. The van der Waals surface area contributed by atoms with Gasteiger partial charge in [-0.3, -0.25) is 4.79 Å². The van der Waals surface area contributed by atoms with Gasteiger partial charge in [-0.2, -0.15) is 18.3 Å². The van der Waals surface area contributed by atoms with Crippen molar-refractivity contribution in [1.82, 2.24) is 10.3 Å². The summed E-state index contributed by atoms with van der Waals surface area (Å²) in [6, 6.07) is 22.7. The molecule has 2 heterocycles. The van der Waals surface area contributed by atoms with Crippen LogP contribution in [-0.4, -0.2) is 27.5 Å². The Labute approximate surface area is 203 Å². The maximum atomic E-state index is 13.0. The van der Waals surface area contributed by atoms with Crippen LogP contribution in [0.15, 0.2) is 89.1 Å². The molecule has 1 saturated heterocycles. The minimum atomic E-state index is -4.43. The van der Waals surface area contributed by atoms with E-state index < -0.39 is 17.0 Å². The summed E-state index contributed by atoms with van der Waals surface area (Å²) in [5.74, 6) is -0.307. The Hall–Kier alpha value is -3.85. The van der Waals surface area contributed by atoms with Gasteiger partial charge in [0, 0.05) is 16.5 Å². The maximum absolute atomic E-state index is 13.0. The van der Waals surface area contributed by atoms with Gasteiger partial charge in [-0.25, -0.2) is 0 Å². The fourth-order valence-corrected chi connectivity index (χ4v) is 4.91. The van der Waals surface area contributed by atoms with Gasteiger partial charge in [0.2, 0.25) is 5.91 Å². The third kappa shape index (κ3) is 5.00. The van der Waals surface area contributed by atoms with Crippen LogP contribution >= 0.6 is 11.8 Å². The first kappa shape index (κ1) is 22.9. The lowest BCUT2D eigenvalue weighted by atomic mass is 10.1. The summed E-state index contributed by atoms with van der Waals surface area (Å²) in [7, 11) is 0. The molecule has 5 nitrogen and oxygen atoms in total. The largest absolute Gasteiger partial charge is 0.416 e. The molecule has 1 amide bonds. The van der Waals surface area contributed by atoms with Crippen molar-refractivity contribution in [3.05, 3.63) is 95.6 Å². The number of alkyl halides is 3. The van der Waals surface area contributed by atoms with E-state index in [0.29, 0.717) is 10.7 Å². The van der Waals surface area contributed by atoms with Gasteiger partial charge in [0.25, 0.3) is 0 Å². The number of carbonyl (C=O) groups excluding carboxylic acids is 1. The highest BCUT2D eigenvalue weighted by Gasteiger charge is 2.33. The maximum Gasteiger partial charge on any atom is 0.416 e. The van der Waals surface area contributed by atoms with E-state index in [1.807, 2.05) is 54.6 Å². The molecule has 0 bridgehead atoms. The lowest BCUT2D eigenvalue weighted by Crippen LogP contribution is -2.26. The third-order valence-electron chi connectivity index (χ3n) is 5.60. The highest BCUT2D eigenvalue weighted by Crippen LogP contribution is 2.32. The predicted octanol–water partition coefficient (Wildman–Crippen LogP) is 6.02. The van der Waals surface area contributed by atoms with Crippen molar-refractivity contribution >= 4 is 40.0 Å². The molecule has 1 aliphatic rings. The van der Waals surface area contributed by atoms with Gasteiger partial charge in [-0.15, -0.1) is 5.10 Å². The first-order valence-corrected chi connectivity index (χ1v) is 11.7. The number of thioether (sulfide) groups is 1. The standard InChI is InChI=1S/C26H19F3N4OS/c27-26(28,29)18-10-6-7-16(13-18)14-22-24(34)32-25(35-22)33-30-15-20-19-11-4-5-12-21(19)31-23(20)17-8-2-1-3-9-17/h1-13,15,22,31H,14H2,(H,32,33,34)/b30-15+. The third-order valence-corrected chi connectivity index (χ3v) is 6.67. The van der Waals surface area contributed by atoms with Crippen molar-refractivity contribution in [3.8, 4) is 11.3 Å². The van der Waals surface area contributed by atoms with Crippen LogP contribution in [0, 0.1) is 0 Å². The highest BCUT2D eigenvalue weighted by molar-refractivity contribution is 8.15. The Bertz CT molecular complexity index is 1440. The first-order chi connectivity index (χ1) is 16.9. The Balaban J connectivity index is 1.36. The number of benzene rings is 3. The lowest BCUT2D eigenvalue weighted by molar-refractivity contribution is -0.137. The molecule has 1 aliphatic heterocycles. The van der Waals surface area contributed by atoms with Crippen LogP contribution in [0.1, 0.15) is 16.7 Å². The first-order valence-electron chi connectivity index (χ1n) is 10.8. The summed E-state index contributed by atoms with van der Waals surface area (Å²) in [6.45, 7) is 0. The number of carbonyl (C=O) groups is 1. The van der Waals surface area contributed by atoms with Crippen LogP contribution in [0.5, 0.6) is 0 Å². The number of aromatic amines is 1. The second-order valence-electron chi connectivity index (χ2n) is 7.97. The predicted molar refractivity (Wildman–Crippen MR) is 133 cm³/mol. The van der Waals surface area contributed by atoms with Crippen molar-refractivity contribution in [1.29, 1.82) is 0 Å². The van der Waals surface area contributed by atoms with Crippen LogP contribution in [0.3, 0.4) is 0 Å². The molecule has 1 unspecified atom stereocenters. The van der Waals surface area contributed by atoms with Gasteiger partial charge >= 0.3 is 6.18 Å². The molecule has 1 aromatic heterocycles. The number of hydrogen-bond acceptors (Lipinski definition) is 4. The zero-order chi connectivity index (χ0) is 24.4. The number of nitrogens with zero attached hydrogens (tertiary/aromatic N) is 2. The number of rotatable bonds is 5. The van der Waals surface area contributed by atoms with E-state index >= 15 is 0 Å². The van der Waals surface area contributed by atoms with Crippen molar-refractivity contribution in [2.75, 3.05) is 0 Å². The van der Waals surface area contributed by atoms with Crippen molar-refractivity contribution in [3.63, 3.8) is 0 Å². The van der Waals surface area contributed by atoms with Crippen molar-refractivity contribution in [2.24, 2.45) is 10.2 Å². The number of amides is 1. The van der Waals surface area contributed by atoms with E-state index in [-0.39, 0.29) is 12.3 Å². The molecule has 3 aromatic carbocycles. The van der Waals surface area contributed by atoms with E-state index in [1.165, 1.54) is 6.07 Å². The topological polar surface area (TPSA) is 69.6 Å². The molecule has 1 fully saturated rings. The second kappa shape index (κ2) is 9.42. The summed E-state index contributed by atoms with van der Waals surface area (Å²) in [5.41, 5.74) is 3.44. The van der Waals surface area contributed by atoms with Gasteiger partial charge < -0.3 is 10.3 Å². The number of halogens is 3. The van der Waals surface area contributed by atoms with Crippen LogP contribution in [0.25, 0.3) is 22.2 Å². The fourth-order valence-electron chi connectivity index (χ4n) is 3.94. The Morgan fingerprint density at radius 1 is 0.971 bits per heavy atom. The highest BCUT2D eigenvalue weighted by atomic mass is 32.2. The van der Waals surface area contributed by atoms with E-state index in [4.69, 9.17) is 0 Å². The molecular weight excluding hydrogens is 473 g/mol. The molecule has 35 heavy (non-hydrogen) atoms. The van der Waals surface area contributed by atoms with E-state index in [2.05, 4.69) is 20.5 Å².